The highest BCUT2D eigenvalue weighted by Crippen LogP contribution is 2.46. The summed E-state index contributed by atoms with van der Waals surface area (Å²) in [6, 6.07) is 18.5. The second kappa shape index (κ2) is 14.6. The Bertz CT molecular complexity index is 856. The van der Waals surface area contributed by atoms with E-state index in [0.29, 0.717) is 15.0 Å². The molecule has 0 bridgehead atoms. The number of unbranched alkanes of at least 4 members (excludes halogenated alkanes) is 3. The molecule has 0 aliphatic rings. The maximum atomic E-state index is 12.9. The first-order valence-electron chi connectivity index (χ1n) is 12.2. The van der Waals surface area contributed by atoms with Gasteiger partial charge in [-0.25, -0.2) is 0 Å². The maximum absolute atomic E-state index is 12.9. The van der Waals surface area contributed by atoms with Crippen molar-refractivity contribution in [2.24, 2.45) is 0 Å². The zero-order valence-electron chi connectivity index (χ0n) is 20.7. The lowest BCUT2D eigenvalue weighted by Gasteiger charge is -2.29. The predicted octanol–water partition coefficient (Wildman–Crippen LogP) is 7.08. The fraction of sp³-hybridized carbons (Fsp3) is 0.500. The molecule has 1 N–H and O–H groups in total. The van der Waals surface area contributed by atoms with Gasteiger partial charge in [0.15, 0.2) is 0 Å². The zero-order chi connectivity index (χ0) is 24.1. The molecule has 2 aromatic carbocycles. The molecule has 0 spiro atoms. The van der Waals surface area contributed by atoms with Crippen LogP contribution in [0.1, 0.15) is 76.5 Å². The highest BCUT2D eigenvalue weighted by Gasteiger charge is 2.26. The summed E-state index contributed by atoms with van der Waals surface area (Å²) >= 11 is 1.36. The van der Waals surface area contributed by atoms with Crippen LogP contribution < -0.4 is 5.32 Å². The number of benzene rings is 2. The largest absolute Gasteiger partial charge is 0.345 e. The molecule has 180 valence electrons. The quantitative estimate of drug-likeness (QED) is 0.230. The molecule has 5 heteroatoms. The third-order valence-corrected chi connectivity index (χ3v) is 9.38. The highest BCUT2D eigenvalue weighted by atomic mass is 32.2. The minimum atomic E-state index is -0.487. The topological polar surface area (TPSA) is 46.2 Å². The van der Waals surface area contributed by atoms with E-state index in [9.17, 15) is 9.59 Å². The van der Waals surface area contributed by atoms with Crippen LogP contribution in [0.2, 0.25) is 0 Å². The molecule has 0 radical (unpaired) electrons. The number of carbonyl (C=O) groups excluding carboxylic acids is 2. The SMILES string of the molecule is CCCCCCc1ccc(C(C)(CC)PCSC(=O)C(Cc2ccccc2)NC(C)=O)cc1. The first-order chi connectivity index (χ1) is 15.9. The van der Waals surface area contributed by atoms with Gasteiger partial charge in [0.05, 0.1) is 0 Å². The minimum Gasteiger partial charge on any atom is -0.345 e. The number of hydrogen-bond donors (Lipinski definition) is 1. The van der Waals surface area contributed by atoms with Gasteiger partial charge in [-0.2, -0.15) is 0 Å². The Balaban J connectivity index is 1.93. The number of rotatable bonds is 14. The van der Waals surface area contributed by atoms with Crippen molar-refractivity contribution in [3.8, 4) is 0 Å². The molecule has 2 aromatic rings. The van der Waals surface area contributed by atoms with Gasteiger partial charge in [0.1, 0.15) is 6.04 Å². The molecule has 2 rings (SSSR count). The van der Waals surface area contributed by atoms with Gasteiger partial charge in [-0.15, -0.1) is 8.58 Å². The molecule has 33 heavy (non-hydrogen) atoms. The average Bonchev–Trinajstić information content (AvgIpc) is 2.82. The van der Waals surface area contributed by atoms with Gasteiger partial charge >= 0.3 is 0 Å². The number of thioether (sulfide) groups is 1. The van der Waals surface area contributed by atoms with E-state index in [0.717, 1.165) is 23.9 Å². The molecular formula is C28H40NO2PS. The van der Waals surface area contributed by atoms with Gasteiger partial charge in [0.25, 0.3) is 0 Å². The number of hydrogen-bond acceptors (Lipinski definition) is 3. The van der Waals surface area contributed by atoms with Crippen molar-refractivity contribution < 1.29 is 9.59 Å². The Morgan fingerprint density at radius 2 is 1.67 bits per heavy atom. The Morgan fingerprint density at radius 3 is 2.27 bits per heavy atom. The lowest BCUT2D eigenvalue weighted by molar-refractivity contribution is -0.123. The fourth-order valence-corrected chi connectivity index (χ4v) is 6.98. The molecule has 0 saturated carbocycles. The Morgan fingerprint density at radius 1 is 0.970 bits per heavy atom. The van der Waals surface area contributed by atoms with Crippen molar-refractivity contribution in [3.63, 3.8) is 0 Å². The van der Waals surface area contributed by atoms with Gasteiger partial charge < -0.3 is 5.32 Å². The van der Waals surface area contributed by atoms with Gasteiger partial charge in [0.2, 0.25) is 11.0 Å². The smallest absolute Gasteiger partial charge is 0.217 e. The van der Waals surface area contributed by atoms with Crippen molar-refractivity contribution >= 4 is 31.4 Å². The molecule has 1 amide bonds. The summed E-state index contributed by atoms with van der Waals surface area (Å²) in [5.74, 6) is -0.166. The fourth-order valence-electron chi connectivity index (χ4n) is 3.88. The Labute approximate surface area is 206 Å². The Hall–Kier alpha value is -1.64. The second-order valence-electron chi connectivity index (χ2n) is 8.92. The predicted molar refractivity (Wildman–Crippen MR) is 145 cm³/mol. The summed E-state index contributed by atoms with van der Waals surface area (Å²) in [6.45, 7) is 8.26. The van der Waals surface area contributed by atoms with E-state index < -0.39 is 6.04 Å². The monoisotopic (exact) mass is 485 g/mol. The standard InChI is InChI=1S/C28H40NO2PS/c1-5-7-8-10-13-23-16-18-25(19-17-23)28(4,6-2)32-21-33-27(31)26(29-22(3)30)20-24-14-11-9-12-15-24/h9,11-12,14-19,26,32H,5-8,10,13,20-21H2,1-4H3,(H,29,30). The normalized spacial score (nSPS) is 14.2. The average molecular weight is 486 g/mol. The number of amides is 1. The van der Waals surface area contributed by atoms with Crippen LogP contribution in [-0.4, -0.2) is 22.6 Å². The molecular weight excluding hydrogens is 445 g/mol. The number of nitrogens with one attached hydrogen (secondary N) is 1. The third-order valence-electron chi connectivity index (χ3n) is 6.24. The van der Waals surface area contributed by atoms with Crippen LogP contribution in [0, 0.1) is 0 Å². The molecule has 0 aliphatic heterocycles. The second-order valence-corrected chi connectivity index (χ2v) is 12.2. The van der Waals surface area contributed by atoms with Gasteiger partial charge in [-0.3, -0.25) is 9.59 Å². The molecule has 0 heterocycles. The van der Waals surface area contributed by atoms with E-state index in [4.69, 9.17) is 0 Å². The Kier molecular flexibility index (Phi) is 12.2. The highest BCUT2D eigenvalue weighted by molar-refractivity contribution is 8.16. The lowest BCUT2D eigenvalue weighted by atomic mass is 9.95. The van der Waals surface area contributed by atoms with Crippen molar-refractivity contribution in [1.29, 1.82) is 0 Å². The molecule has 3 unspecified atom stereocenters. The molecule has 0 saturated heterocycles. The summed E-state index contributed by atoms with van der Waals surface area (Å²) in [6.07, 6.45) is 7.88. The molecule has 0 fully saturated rings. The third kappa shape index (κ3) is 9.63. The first kappa shape index (κ1) is 27.6. The van der Waals surface area contributed by atoms with E-state index in [1.54, 1.807) is 0 Å². The van der Waals surface area contributed by atoms with Crippen molar-refractivity contribution in [2.45, 2.75) is 83.8 Å². The van der Waals surface area contributed by atoms with Crippen molar-refractivity contribution in [3.05, 3.63) is 71.3 Å². The van der Waals surface area contributed by atoms with Crippen LogP contribution in [0.4, 0.5) is 0 Å². The van der Waals surface area contributed by atoms with E-state index >= 15 is 0 Å². The summed E-state index contributed by atoms with van der Waals surface area (Å²) in [5, 5.41) is 2.96. The van der Waals surface area contributed by atoms with Crippen molar-refractivity contribution in [2.75, 3.05) is 5.49 Å². The van der Waals surface area contributed by atoms with Crippen LogP contribution >= 0.6 is 20.3 Å². The molecule has 3 atom stereocenters. The lowest BCUT2D eigenvalue weighted by Crippen LogP contribution is -2.40. The van der Waals surface area contributed by atoms with Crippen LogP contribution in [0.3, 0.4) is 0 Å². The summed E-state index contributed by atoms with van der Waals surface area (Å²) in [7, 11) is 0.630. The summed E-state index contributed by atoms with van der Waals surface area (Å²) < 4.78 is 0. The van der Waals surface area contributed by atoms with Gasteiger partial charge in [-0.05, 0) is 36.0 Å². The van der Waals surface area contributed by atoms with Crippen LogP contribution in [-0.2, 0) is 27.6 Å². The van der Waals surface area contributed by atoms with Crippen molar-refractivity contribution in [1.82, 2.24) is 5.32 Å². The van der Waals surface area contributed by atoms with E-state index in [2.05, 4.69) is 50.4 Å². The zero-order valence-corrected chi connectivity index (χ0v) is 22.5. The summed E-state index contributed by atoms with van der Waals surface area (Å²) in [5.41, 5.74) is 4.60. The van der Waals surface area contributed by atoms with Crippen LogP contribution in [0.5, 0.6) is 0 Å². The molecule has 3 nitrogen and oxygen atoms in total. The van der Waals surface area contributed by atoms with Gasteiger partial charge in [0, 0.05) is 24.0 Å². The molecule has 0 aliphatic carbocycles. The number of aryl methyl sites for hydroxylation is 1. The molecule has 0 aromatic heterocycles. The first-order valence-corrected chi connectivity index (χ1v) is 14.4. The number of carbonyl (C=O) groups is 2. The van der Waals surface area contributed by atoms with E-state index in [-0.39, 0.29) is 16.2 Å². The van der Waals surface area contributed by atoms with Crippen LogP contribution in [0.25, 0.3) is 0 Å². The summed E-state index contributed by atoms with van der Waals surface area (Å²) in [4.78, 5) is 24.6. The van der Waals surface area contributed by atoms with E-state index in [1.165, 1.54) is 55.5 Å². The van der Waals surface area contributed by atoms with Gasteiger partial charge in [-0.1, -0.05) is 106 Å². The van der Waals surface area contributed by atoms with E-state index in [1.807, 2.05) is 30.3 Å². The minimum absolute atomic E-state index is 0.0439. The van der Waals surface area contributed by atoms with Crippen LogP contribution in [0.15, 0.2) is 54.6 Å². The maximum Gasteiger partial charge on any atom is 0.217 e.